The van der Waals surface area contributed by atoms with E-state index in [1.54, 1.807) is 44.4 Å². The molecule has 39 heavy (non-hydrogen) atoms. The monoisotopic (exact) mass is 538 g/mol. The van der Waals surface area contributed by atoms with Crippen LogP contribution in [0, 0.1) is 12.7 Å². The largest absolute Gasteiger partial charge is 0.454 e. The highest BCUT2D eigenvalue weighted by molar-refractivity contribution is 7.21. The normalized spacial score (nSPS) is 12.6. The minimum atomic E-state index is -0.506. The number of nitrogens with zero attached hydrogens (tertiary/aromatic N) is 2. The van der Waals surface area contributed by atoms with Crippen LogP contribution in [0.25, 0.3) is 21.2 Å². The van der Waals surface area contributed by atoms with Crippen LogP contribution in [-0.4, -0.2) is 16.3 Å². The van der Waals surface area contributed by atoms with E-state index in [2.05, 4.69) is 0 Å². The lowest BCUT2D eigenvalue weighted by Gasteiger charge is -2.26. The SMILES string of the molecule is CC(=O)c1ccc2c(c1)-c1cn(C)c(=O)c3sc(cc13)C(=O)N(Cc1ccccc1)c1cc(F)cc(C)c1O2. The van der Waals surface area contributed by atoms with Gasteiger partial charge in [-0.3, -0.25) is 19.3 Å². The maximum Gasteiger partial charge on any atom is 0.268 e. The first-order valence-electron chi connectivity index (χ1n) is 12.3. The average Bonchev–Trinajstić information content (AvgIpc) is 3.36. The van der Waals surface area contributed by atoms with Gasteiger partial charge in [0.1, 0.15) is 16.3 Å². The molecule has 0 atom stereocenters. The van der Waals surface area contributed by atoms with Crippen molar-refractivity contribution in [1.29, 1.82) is 0 Å². The third-order valence-corrected chi connectivity index (χ3v) is 8.01. The number of amides is 1. The Morgan fingerprint density at radius 1 is 1.00 bits per heavy atom. The number of fused-ring (bicyclic) bond motifs is 4. The second-order valence-corrected chi connectivity index (χ2v) is 10.7. The summed E-state index contributed by atoms with van der Waals surface area (Å²) in [5, 5.41) is 0.588. The molecular weight excluding hydrogens is 515 g/mol. The summed E-state index contributed by atoms with van der Waals surface area (Å²) in [6.07, 6.45) is 1.69. The molecule has 0 saturated heterocycles. The number of aromatic nitrogens is 1. The van der Waals surface area contributed by atoms with Gasteiger partial charge in [-0.05, 0) is 55.3 Å². The Morgan fingerprint density at radius 2 is 1.77 bits per heavy atom. The Morgan fingerprint density at radius 3 is 2.51 bits per heavy atom. The van der Waals surface area contributed by atoms with Gasteiger partial charge in [0.05, 0.1) is 17.1 Å². The standard InChI is InChI=1S/C31H23FN2O4S/c1-17-11-21(32)13-25-28(17)38-26-10-9-20(18(2)35)12-22(26)24-16-33(3)31(37)29-23(24)14-27(39-29)30(36)34(25)15-19-7-5-4-6-8-19/h4-14,16H,15H2,1-3H3. The summed E-state index contributed by atoms with van der Waals surface area (Å²) in [6, 6.07) is 18.9. The second-order valence-electron chi connectivity index (χ2n) is 9.63. The number of ether oxygens (including phenoxy) is 1. The van der Waals surface area contributed by atoms with Crippen molar-refractivity contribution in [3.63, 3.8) is 0 Å². The topological polar surface area (TPSA) is 68.6 Å². The van der Waals surface area contributed by atoms with Crippen LogP contribution in [0.5, 0.6) is 11.5 Å². The third-order valence-electron chi connectivity index (χ3n) is 6.90. The van der Waals surface area contributed by atoms with Crippen LogP contribution in [0.1, 0.15) is 38.1 Å². The number of aryl methyl sites for hydroxylation is 2. The highest BCUT2D eigenvalue weighted by Gasteiger charge is 2.29. The zero-order valence-electron chi connectivity index (χ0n) is 21.4. The van der Waals surface area contributed by atoms with Crippen LogP contribution in [0.3, 0.4) is 0 Å². The molecule has 0 N–H and O–H groups in total. The van der Waals surface area contributed by atoms with Gasteiger partial charge in [-0.1, -0.05) is 30.3 Å². The number of rotatable bonds is 3. The number of Topliss-reactive ketones (excluding diaryl/α,β-unsaturated/α-hetero) is 1. The van der Waals surface area contributed by atoms with E-state index < -0.39 is 5.82 Å². The van der Waals surface area contributed by atoms with Gasteiger partial charge in [0.25, 0.3) is 11.5 Å². The third kappa shape index (κ3) is 4.23. The molecule has 1 aliphatic rings. The predicted octanol–water partition coefficient (Wildman–Crippen LogP) is 6.87. The number of ketones is 1. The van der Waals surface area contributed by atoms with Gasteiger partial charge in [-0.25, -0.2) is 4.39 Å². The first kappa shape index (κ1) is 24.8. The molecule has 1 amide bonds. The number of halogens is 1. The van der Waals surface area contributed by atoms with Gasteiger partial charge in [0.15, 0.2) is 11.5 Å². The van der Waals surface area contributed by atoms with E-state index >= 15 is 0 Å². The number of carbonyl (C=O) groups excluding carboxylic acids is 2. The molecule has 2 bridgehead atoms. The van der Waals surface area contributed by atoms with Gasteiger partial charge < -0.3 is 9.30 Å². The fraction of sp³-hybridized carbons (Fsp3) is 0.129. The van der Waals surface area contributed by atoms with Crippen LogP contribution in [0.2, 0.25) is 0 Å². The average molecular weight is 539 g/mol. The molecule has 0 spiro atoms. The van der Waals surface area contributed by atoms with E-state index in [4.69, 9.17) is 4.74 Å². The van der Waals surface area contributed by atoms with Gasteiger partial charge in [0, 0.05) is 41.4 Å². The van der Waals surface area contributed by atoms with Gasteiger partial charge >= 0.3 is 0 Å². The Bertz CT molecular complexity index is 1870. The fourth-order valence-corrected chi connectivity index (χ4v) is 6.03. The quantitative estimate of drug-likeness (QED) is 0.235. The molecule has 8 heteroatoms. The Hall–Kier alpha value is -4.56. The molecule has 194 valence electrons. The molecule has 0 aliphatic carbocycles. The first-order valence-corrected chi connectivity index (χ1v) is 13.1. The fourth-order valence-electron chi connectivity index (χ4n) is 4.92. The van der Waals surface area contributed by atoms with E-state index in [1.807, 2.05) is 30.3 Å². The minimum Gasteiger partial charge on any atom is -0.454 e. The second kappa shape index (κ2) is 9.32. The summed E-state index contributed by atoms with van der Waals surface area (Å²) >= 11 is 1.11. The van der Waals surface area contributed by atoms with Crippen LogP contribution in [-0.2, 0) is 13.6 Å². The van der Waals surface area contributed by atoms with Crippen molar-refractivity contribution in [2.45, 2.75) is 20.4 Å². The Kier molecular flexibility index (Phi) is 5.92. The highest BCUT2D eigenvalue weighted by Crippen LogP contribution is 2.45. The number of anilines is 1. The number of benzene rings is 3. The van der Waals surface area contributed by atoms with Crippen LogP contribution in [0.15, 0.2) is 77.7 Å². The number of thiophene rings is 1. The van der Waals surface area contributed by atoms with Crippen LogP contribution >= 0.6 is 11.3 Å². The smallest absolute Gasteiger partial charge is 0.268 e. The van der Waals surface area contributed by atoms with Crippen LogP contribution in [0.4, 0.5) is 10.1 Å². The van der Waals surface area contributed by atoms with Gasteiger partial charge in [-0.2, -0.15) is 0 Å². The predicted molar refractivity (Wildman–Crippen MR) is 151 cm³/mol. The summed E-state index contributed by atoms with van der Waals surface area (Å²) in [5.41, 5.74) is 3.10. The lowest BCUT2D eigenvalue weighted by molar-refractivity contribution is 0.0986. The zero-order chi connectivity index (χ0) is 27.4. The van der Waals surface area contributed by atoms with Crippen molar-refractivity contribution in [1.82, 2.24) is 4.57 Å². The number of hydrogen-bond donors (Lipinski definition) is 0. The molecule has 0 unspecified atom stereocenters. The zero-order valence-corrected chi connectivity index (χ0v) is 22.3. The van der Waals surface area contributed by atoms with Crippen molar-refractivity contribution in [2.24, 2.45) is 7.05 Å². The molecule has 0 radical (unpaired) electrons. The minimum absolute atomic E-state index is 0.123. The van der Waals surface area contributed by atoms with Crippen molar-refractivity contribution >= 4 is 38.8 Å². The van der Waals surface area contributed by atoms with E-state index in [0.717, 1.165) is 16.9 Å². The van der Waals surface area contributed by atoms with Crippen molar-refractivity contribution in [3.05, 3.63) is 111 Å². The van der Waals surface area contributed by atoms with E-state index in [1.165, 1.54) is 28.5 Å². The van der Waals surface area contributed by atoms with Gasteiger partial charge in [-0.15, -0.1) is 11.3 Å². The summed E-state index contributed by atoms with van der Waals surface area (Å²) in [4.78, 5) is 41.5. The Balaban J connectivity index is 1.71. The first-order chi connectivity index (χ1) is 18.7. The number of hydrogen-bond acceptors (Lipinski definition) is 5. The Labute approximate surface area is 227 Å². The maximum absolute atomic E-state index is 14.9. The van der Waals surface area contributed by atoms with E-state index in [-0.39, 0.29) is 29.5 Å². The van der Waals surface area contributed by atoms with Crippen molar-refractivity contribution < 1.29 is 18.7 Å². The molecular formula is C31H23FN2O4S. The molecule has 0 fully saturated rings. The number of carbonyl (C=O) groups is 2. The molecule has 6 nitrogen and oxygen atoms in total. The van der Waals surface area contributed by atoms with Gasteiger partial charge in [0.2, 0.25) is 0 Å². The van der Waals surface area contributed by atoms with E-state index in [0.29, 0.717) is 48.7 Å². The molecule has 6 rings (SSSR count). The number of pyridine rings is 1. The molecule has 0 saturated carbocycles. The van der Waals surface area contributed by atoms with Crippen molar-refractivity contribution in [2.75, 3.05) is 4.90 Å². The molecule has 2 aromatic heterocycles. The molecule has 5 aromatic rings. The molecule has 1 aliphatic heterocycles. The lowest BCUT2D eigenvalue weighted by Crippen LogP contribution is -2.30. The summed E-state index contributed by atoms with van der Waals surface area (Å²) < 4.78 is 23.3. The molecule has 3 heterocycles. The molecule has 3 aromatic carbocycles. The van der Waals surface area contributed by atoms with Crippen LogP contribution < -0.4 is 15.2 Å². The van der Waals surface area contributed by atoms with Crippen molar-refractivity contribution in [3.8, 4) is 22.6 Å². The maximum atomic E-state index is 14.9. The summed E-state index contributed by atoms with van der Waals surface area (Å²) in [5.74, 6) is -0.261. The lowest BCUT2D eigenvalue weighted by atomic mass is 9.99. The highest BCUT2D eigenvalue weighted by atomic mass is 32.1. The summed E-state index contributed by atoms with van der Waals surface area (Å²) in [6.45, 7) is 3.37. The van der Waals surface area contributed by atoms with E-state index in [9.17, 15) is 18.8 Å². The summed E-state index contributed by atoms with van der Waals surface area (Å²) in [7, 11) is 1.65.